The quantitative estimate of drug-likeness (QED) is 0.654. The van der Waals surface area contributed by atoms with Crippen LogP contribution in [0.4, 0.5) is 4.79 Å². The third kappa shape index (κ3) is 2.44. The fraction of sp³-hybridized carbons (Fsp3) is 0.741. The van der Waals surface area contributed by atoms with Gasteiger partial charge in [-0.25, -0.2) is 4.79 Å². The van der Waals surface area contributed by atoms with Crippen LogP contribution in [0.15, 0.2) is 24.3 Å². The number of hydrogen-bond acceptors (Lipinski definition) is 6. The Kier molecular flexibility index (Phi) is 4.07. The molecule has 7 aliphatic rings. The largest absolute Gasteiger partial charge is 0.415 e. The molecule has 2 saturated heterocycles. The van der Waals surface area contributed by atoms with Gasteiger partial charge in [0, 0.05) is 43.8 Å². The summed E-state index contributed by atoms with van der Waals surface area (Å²) in [5, 5.41) is 0. The van der Waals surface area contributed by atoms with Crippen LogP contribution in [0.5, 0.6) is 5.75 Å². The van der Waals surface area contributed by atoms with Gasteiger partial charge >= 0.3 is 6.09 Å². The summed E-state index contributed by atoms with van der Waals surface area (Å²) in [5.41, 5.74) is 7.76. The summed E-state index contributed by atoms with van der Waals surface area (Å²) in [4.78, 5) is 26.4. The Morgan fingerprint density at radius 2 is 1.74 bits per heavy atom. The predicted molar refractivity (Wildman–Crippen MR) is 121 cm³/mol. The zero-order valence-electron chi connectivity index (χ0n) is 19.6. The molecule has 3 spiro atoms. The van der Waals surface area contributed by atoms with Crippen molar-refractivity contribution < 1.29 is 24.0 Å². The smallest absolute Gasteiger partial charge is 0.410 e. The van der Waals surface area contributed by atoms with Gasteiger partial charge in [0.05, 0.1) is 0 Å². The summed E-state index contributed by atoms with van der Waals surface area (Å²) in [6, 6.07) is 8.19. The fourth-order valence-electron chi connectivity index (χ4n) is 9.16. The molecule has 1 aromatic carbocycles. The van der Waals surface area contributed by atoms with E-state index in [9.17, 15) is 4.79 Å². The summed E-state index contributed by atoms with van der Waals surface area (Å²) < 4.78 is 12.4. The lowest BCUT2D eigenvalue weighted by Crippen LogP contribution is -2.90. The van der Waals surface area contributed by atoms with Gasteiger partial charge in [0.15, 0.2) is 0 Å². The molecule has 2 heterocycles. The highest BCUT2D eigenvalue weighted by atomic mass is 17.3. The first kappa shape index (κ1) is 20.5. The SMILES string of the molecule is NC1CCN(C(=O)Oc2ccc(C3CCC[C@]4(C3)OOC3(O4)C4CC5CC6CC3C564)cc2)CC1. The third-order valence-corrected chi connectivity index (χ3v) is 10.9. The minimum atomic E-state index is -0.606. The Bertz CT molecular complexity index is 998. The monoisotopic (exact) mass is 466 g/mol. The minimum Gasteiger partial charge on any atom is -0.410 e. The lowest BCUT2D eigenvalue weighted by Gasteiger charge is -2.89. The zero-order valence-corrected chi connectivity index (χ0v) is 19.6. The van der Waals surface area contributed by atoms with Gasteiger partial charge in [-0.1, -0.05) is 12.1 Å². The molecule has 6 atom stereocenters. The van der Waals surface area contributed by atoms with Gasteiger partial charge in [-0.2, -0.15) is 9.78 Å². The number of nitrogens with two attached hydrogens (primary N) is 1. The molecule has 7 fully saturated rings. The van der Waals surface area contributed by atoms with Gasteiger partial charge in [-0.15, -0.1) is 0 Å². The Labute approximate surface area is 200 Å². The predicted octanol–water partition coefficient (Wildman–Crippen LogP) is 4.31. The number of carbonyl (C=O) groups is 1. The van der Waals surface area contributed by atoms with E-state index in [4.69, 9.17) is 25.0 Å². The number of benzene rings is 1. The summed E-state index contributed by atoms with van der Waals surface area (Å²) in [6.45, 7) is 1.33. The highest BCUT2D eigenvalue weighted by Crippen LogP contribution is 2.92. The van der Waals surface area contributed by atoms with E-state index in [1.54, 1.807) is 4.90 Å². The van der Waals surface area contributed by atoms with E-state index >= 15 is 0 Å². The molecule has 1 aromatic rings. The number of fused-ring (bicyclic) bond motifs is 2. The maximum Gasteiger partial charge on any atom is 0.415 e. The average Bonchev–Trinajstić information content (AvgIpc) is 3.17. The van der Waals surface area contributed by atoms with Gasteiger partial charge in [-0.05, 0) is 85.8 Å². The van der Waals surface area contributed by atoms with E-state index in [0.29, 0.717) is 42.0 Å². The molecule has 5 saturated carbocycles. The number of rotatable bonds is 2. The number of likely N-dealkylation sites (tertiary alicyclic amines) is 1. The van der Waals surface area contributed by atoms with E-state index in [-0.39, 0.29) is 12.1 Å². The van der Waals surface area contributed by atoms with Crippen LogP contribution in [-0.4, -0.2) is 41.7 Å². The van der Waals surface area contributed by atoms with Crippen LogP contribution in [0.25, 0.3) is 0 Å². The Morgan fingerprint density at radius 1 is 1.00 bits per heavy atom. The number of nitrogens with zero attached hydrogens (tertiary/aromatic N) is 1. The van der Waals surface area contributed by atoms with Crippen LogP contribution in [0.1, 0.15) is 69.3 Å². The van der Waals surface area contributed by atoms with Crippen molar-refractivity contribution >= 4 is 6.09 Å². The molecule has 7 heteroatoms. The maximum absolute atomic E-state index is 12.5. The minimum absolute atomic E-state index is 0.190. The molecule has 0 radical (unpaired) electrons. The summed E-state index contributed by atoms with van der Waals surface area (Å²) in [5.74, 6) is 2.88. The van der Waals surface area contributed by atoms with Gasteiger partial charge in [0.2, 0.25) is 11.6 Å². The van der Waals surface area contributed by atoms with Crippen molar-refractivity contribution in [1.29, 1.82) is 0 Å². The van der Waals surface area contributed by atoms with Crippen molar-refractivity contribution in [2.24, 2.45) is 34.8 Å². The lowest BCUT2D eigenvalue weighted by molar-refractivity contribution is -0.537. The molecule has 5 aliphatic carbocycles. The Hall–Kier alpha value is -1.67. The van der Waals surface area contributed by atoms with Crippen LogP contribution in [-0.2, 0) is 14.5 Å². The molecule has 2 aliphatic heterocycles. The molecule has 2 N–H and O–H groups in total. The number of ether oxygens (including phenoxy) is 2. The third-order valence-electron chi connectivity index (χ3n) is 10.9. The summed E-state index contributed by atoms with van der Waals surface area (Å²) in [7, 11) is 0. The van der Waals surface area contributed by atoms with Crippen LogP contribution in [0.2, 0.25) is 0 Å². The van der Waals surface area contributed by atoms with Crippen molar-refractivity contribution in [2.75, 3.05) is 13.1 Å². The summed E-state index contributed by atoms with van der Waals surface area (Å²) >= 11 is 0. The van der Waals surface area contributed by atoms with Gasteiger partial charge in [0.1, 0.15) is 5.75 Å². The second kappa shape index (κ2) is 6.75. The van der Waals surface area contributed by atoms with Crippen molar-refractivity contribution in [2.45, 2.75) is 81.3 Å². The van der Waals surface area contributed by atoms with Crippen LogP contribution in [0.3, 0.4) is 0 Å². The van der Waals surface area contributed by atoms with E-state index < -0.39 is 11.6 Å². The van der Waals surface area contributed by atoms with E-state index in [1.807, 2.05) is 12.1 Å². The number of carbonyl (C=O) groups excluding carboxylic acids is 1. The zero-order chi connectivity index (χ0) is 22.7. The molecule has 34 heavy (non-hydrogen) atoms. The highest BCUT2D eigenvalue weighted by Gasteiger charge is 2.93. The number of hydrogen-bond donors (Lipinski definition) is 1. The van der Waals surface area contributed by atoms with Gasteiger partial charge in [0.25, 0.3) is 0 Å². The van der Waals surface area contributed by atoms with Gasteiger partial charge in [-0.3, -0.25) is 0 Å². The van der Waals surface area contributed by atoms with E-state index in [2.05, 4.69) is 12.1 Å². The molecule has 0 aromatic heterocycles. The fourth-order valence-corrected chi connectivity index (χ4v) is 9.16. The van der Waals surface area contributed by atoms with Crippen molar-refractivity contribution in [3.8, 4) is 5.75 Å². The molecule has 7 nitrogen and oxygen atoms in total. The average molecular weight is 467 g/mol. The maximum atomic E-state index is 12.5. The molecule has 182 valence electrons. The summed E-state index contributed by atoms with van der Waals surface area (Å²) in [6.07, 6.45) is 9.23. The standard InChI is InChI=1S/C27H34N2O5/c28-20-7-10-29(11-8-20)24(30)31-21-5-3-16(4-6-21)17-2-1-9-25(15-17)32-27(34-33-25)22-13-18-12-19-14-23(27)26(18,19)22/h3-6,17-20,22-23H,1-2,7-15,28H2/t17?,18?,19?,22?,23?,25-,26?,27?/m1/s1. The molecule has 1 amide bonds. The van der Waals surface area contributed by atoms with Gasteiger partial charge < -0.3 is 20.1 Å². The second-order valence-corrected chi connectivity index (χ2v) is 12.2. The molecule has 8 rings (SSSR count). The van der Waals surface area contributed by atoms with Crippen molar-refractivity contribution in [1.82, 2.24) is 4.90 Å². The van der Waals surface area contributed by atoms with E-state index in [1.165, 1.54) is 24.8 Å². The molecular formula is C27H34N2O5. The first-order valence-electron chi connectivity index (χ1n) is 13.4. The van der Waals surface area contributed by atoms with E-state index in [0.717, 1.165) is 50.4 Å². The Morgan fingerprint density at radius 3 is 2.44 bits per heavy atom. The number of amides is 1. The number of piperidine rings is 1. The highest BCUT2D eigenvalue weighted by molar-refractivity contribution is 5.70. The topological polar surface area (TPSA) is 83.3 Å². The van der Waals surface area contributed by atoms with Crippen molar-refractivity contribution in [3.05, 3.63) is 29.8 Å². The van der Waals surface area contributed by atoms with Crippen LogP contribution in [0, 0.1) is 29.1 Å². The lowest BCUT2D eigenvalue weighted by atomic mass is 9.16. The Balaban J connectivity index is 0.927. The molecule has 5 unspecified atom stereocenters. The normalized spacial score (nSPS) is 48.3. The first-order valence-corrected chi connectivity index (χ1v) is 13.4. The van der Waals surface area contributed by atoms with Crippen LogP contribution < -0.4 is 10.5 Å². The van der Waals surface area contributed by atoms with Crippen LogP contribution >= 0.6 is 0 Å². The molecule has 0 bridgehead atoms. The van der Waals surface area contributed by atoms with Crippen molar-refractivity contribution in [3.63, 3.8) is 0 Å². The first-order chi connectivity index (χ1) is 16.5. The molecular weight excluding hydrogens is 432 g/mol. The second-order valence-electron chi connectivity index (χ2n) is 12.2.